The second-order valence-electron chi connectivity index (χ2n) is 4.82. The fraction of sp³-hybridized carbons (Fsp3) is 0.417. The molecule has 1 aliphatic heterocycles. The zero-order valence-corrected chi connectivity index (χ0v) is 12.4. The third-order valence-electron chi connectivity index (χ3n) is 3.31. The molecule has 0 radical (unpaired) electrons. The molecular weight excluding hydrogens is 314 g/mol. The largest absolute Gasteiger partial charge is 0.480 e. The van der Waals surface area contributed by atoms with Gasteiger partial charge in [0.25, 0.3) is 5.69 Å². The quantitative estimate of drug-likeness (QED) is 0.576. The van der Waals surface area contributed by atoms with Crippen LogP contribution in [0.2, 0.25) is 0 Å². The number of nitro benzene ring substituents is 1. The average Bonchev–Trinajstić information content (AvgIpc) is 2.98. The normalized spacial score (nSPS) is 15.0. The first-order valence-corrected chi connectivity index (χ1v) is 8.04. The highest BCUT2D eigenvalue weighted by Gasteiger charge is 2.25. The van der Waals surface area contributed by atoms with Crippen molar-refractivity contribution >= 4 is 27.4 Å². The summed E-state index contributed by atoms with van der Waals surface area (Å²) in [5.41, 5.74) is 0.0692. The first-order chi connectivity index (χ1) is 10.3. The van der Waals surface area contributed by atoms with E-state index >= 15 is 0 Å². The number of hydrogen-bond donors (Lipinski definition) is 2. The minimum atomic E-state index is -4.11. The van der Waals surface area contributed by atoms with Gasteiger partial charge in [-0.3, -0.25) is 14.9 Å². The summed E-state index contributed by atoms with van der Waals surface area (Å²) in [4.78, 5) is 22.5. The van der Waals surface area contributed by atoms with Crippen LogP contribution in [0.25, 0.3) is 0 Å². The molecule has 2 rings (SSSR count). The highest BCUT2D eigenvalue weighted by molar-refractivity contribution is 7.89. The molecule has 0 amide bonds. The summed E-state index contributed by atoms with van der Waals surface area (Å²) < 4.78 is 25.7. The molecule has 1 fully saturated rings. The van der Waals surface area contributed by atoms with E-state index in [1.54, 1.807) is 0 Å². The Morgan fingerprint density at radius 3 is 2.55 bits per heavy atom. The van der Waals surface area contributed by atoms with Crippen molar-refractivity contribution in [2.75, 3.05) is 24.5 Å². The monoisotopic (exact) mass is 329 g/mol. The number of carboxylic acid groups (broad SMARTS) is 1. The SMILES string of the molecule is O=C(O)CNS(=O)(=O)c1ccc(N2CCCC2)c([N+](=O)[O-])c1. The van der Waals surface area contributed by atoms with Gasteiger partial charge in [0.15, 0.2) is 0 Å². The number of anilines is 1. The molecule has 22 heavy (non-hydrogen) atoms. The van der Waals surface area contributed by atoms with Crippen molar-refractivity contribution in [2.45, 2.75) is 17.7 Å². The zero-order chi connectivity index (χ0) is 16.3. The van der Waals surface area contributed by atoms with E-state index in [0.29, 0.717) is 18.8 Å². The number of carbonyl (C=O) groups is 1. The Bertz CT molecular complexity index is 697. The van der Waals surface area contributed by atoms with Crippen LogP contribution < -0.4 is 9.62 Å². The number of hydrogen-bond acceptors (Lipinski definition) is 6. The van der Waals surface area contributed by atoms with Crippen molar-refractivity contribution in [3.8, 4) is 0 Å². The summed E-state index contributed by atoms with van der Waals surface area (Å²) in [5, 5.41) is 19.7. The number of nitro groups is 1. The van der Waals surface area contributed by atoms with Crippen molar-refractivity contribution in [1.29, 1.82) is 0 Å². The van der Waals surface area contributed by atoms with Crippen molar-refractivity contribution in [1.82, 2.24) is 4.72 Å². The summed E-state index contributed by atoms with van der Waals surface area (Å²) >= 11 is 0. The van der Waals surface area contributed by atoms with Gasteiger partial charge in [0.05, 0.1) is 9.82 Å². The maximum Gasteiger partial charge on any atom is 0.318 e. The summed E-state index contributed by atoms with van der Waals surface area (Å²) in [6, 6.07) is 3.58. The number of rotatable bonds is 6. The van der Waals surface area contributed by atoms with Crippen LogP contribution in [-0.2, 0) is 14.8 Å². The lowest BCUT2D eigenvalue weighted by Crippen LogP contribution is -2.29. The van der Waals surface area contributed by atoms with Gasteiger partial charge in [-0.05, 0) is 25.0 Å². The first kappa shape index (κ1) is 16.2. The fourth-order valence-electron chi connectivity index (χ4n) is 2.28. The number of nitrogens with zero attached hydrogens (tertiary/aromatic N) is 2. The molecule has 1 aliphatic rings. The van der Waals surface area contributed by atoms with Crippen LogP contribution in [0.15, 0.2) is 23.1 Å². The predicted octanol–water partition coefficient (Wildman–Crippen LogP) is 0.558. The molecule has 0 aromatic heterocycles. The van der Waals surface area contributed by atoms with Gasteiger partial charge in [0.1, 0.15) is 12.2 Å². The second-order valence-corrected chi connectivity index (χ2v) is 6.59. The average molecular weight is 329 g/mol. The molecule has 2 N–H and O–H groups in total. The highest BCUT2D eigenvalue weighted by atomic mass is 32.2. The van der Waals surface area contributed by atoms with Crippen molar-refractivity contribution in [3.63, 3.8) is 0 Å². The van der Waals surface area contributed by atoms with E-state index in [1.165, 1.54) is 12.1 Å². The summed E-state index contributed by atoms with van der Waals surface area (Å²) in [7, 11) is -4.11. The van der Waals surface area contributed by atoms with E-state index in [4.69, 9.17) is 5.11 Å². The molecule has 0 saturated carbocycles. The number of nitrogens with one attached hydrogen (secondary N) is 1. The Balaban J connectivity index is 2.36. The van der Waals surface area contributed by atoms with Gasteiger partial charge < -0.3 is 10.0 Å². The molecule has 0 spiro atoms. The van der Waals surface area contributed by atoms with Gasteiger partial charge >= 0.3 is 5.97 Å². The molecule has 1 aromatic carbocycles. The van der Waals surface area contributed by atoms with Crippen LogP contribution >= 0.6 is 0 Å². The second kappa shape index (κ2) is 6.28. The number of carboxylic acids is 1. The summed E-state index contributed by atoms with van der Waals surface area (Å²) in [6.45, 7) is 0.582. The first-order valence-electron chi connectivity index (χ1n) is 6.56. The van der Waals surface area contributed by atoms with Crippen LogP contribution in [0, 0.1) is 10.1 Å². The van der Waals surface area contributed by atoms with Crippen LogP contribution in [0.5, 0.6) is 0 Å². The lowest BCUT2D eigenvalue weighted by Gasteiger charge is -2.17. The van der Waals surface area contributed by atoms with Crippen molar-refractivity contribution in [2.24, 2.45) is 0 Å². The Labute approximate surface area is 126 Å². The van der Waals surface area contributed by atoms with Gasteiger partial charge in [-0.15, -0.1) is 0 Å². The van der Waals surface area contributed by atoms with Gasteiger partial charge in [-0.1, -0.05) is 0 Å². The number of sulfonamides is 1. The van der Waals surface area contributed by atoms with Crippen molar-refractivity contribution < 1.29 is 23.2 Å². The van der Waals surface area contributed by atoms with Gasteiger partial charge in [-0.25, -0.2) is 8.42 Å². The Morgan fingerprint density at radius 1 is 1.36 bits per heavy atom. The molecule has 0 aliphatic carbocycles. The maximum atomic E-state index is 11.9. The lowest BCUT2D eigenvalue weighted by molar-refractivity contribution is -0.384. The van der Waals surface area contributed by atoms with Crippen LogP contribution in [0.3, 0.4) is 0 Å². The topological polar surface area (TPSA) is 130 Å². The van der Waals surface area contributed by atoms with E-state index in [9.17, 15) is 23.3 Å². The molecule has 0 atom stereocenters. The van der Waals surface area contributed by atoms with E-state index in [-0.39, 0.29) is 10.6 Å². The fourth-order valence-corrected chi connectivity index (χ4v) is 3.28. The van der Waals surface area contributed by atoms with Gasteiger partial charge in [0.2, 0.25) is 10.0 Å². The Hall–Kier alpha value is -2.20. The minimum Gasteiger partial charge on any atom is -0.480 e. The number of benzene rings is 1. The third-order valence-corrected chi connectivity index (χ3v) is 4.71. The smallest absolute Gasteiger partial charge is 0.318 e. The third kappa shape index (κ3) is 3.52. The van der Waals surface area contributed by atoms with Gasteiger partial charge in [0, 0.05) is 19.2 Å². The van der Waals surface area contributed by atoms with Crippen molar-refractivity contribution in [3.05, 3.63) is 28.3 Å². The minimum absolute atomic E-state index is 0.305. The molecule has 0 unspecified atom stereocenters. The standard InChI is InChI=1S/C12H15N3O6S/c16-12(17)8-13-22(20,21)9-3-4-10(11(7-9)15(18)19)14-5-1-2-6-14/h3-4,7,13H,1-2,5-6,8H2,(H,16,17). The molecular formula is C12H15N3O6S. The molecule has 9 nitrogen and oxygen atoms in total. The van der Waals surface area contributed by atoms with E-state index in [1.807, 2.05) is 9.62 Å². The highest BCUT2D eigenvalue weighted by Crippen LogP contribution is 2.32. The Morgan fingerprint density at radius 2 is 2.00 bits per heavy atom. The molecule has 1 saturated heterocycles. The molecule has 0 bridgehead atoms. The van der Waals surface area contributed by atoms with Crippen LogP contribution in [-0.4, -0.2) is 44.1 Å². The van der Waals surface area contributed by atoms with E-state index in [2.05, 4.69) is 0 Å². The molecule has 10 heteroatoms. The maximum absolute atomic E-state index is 11.9. The zero-order valence-electron chi connectivity index (χ0n) is 11.6. The molecule has 1 aromatic rings. The van der Waals surface area contributed by atoms with Crippen LogP contribution in [0.1, 0.15) is 12.8 Å². The summed E-state index contributed by atoms with van der Waals surface area (Å²) in [5.74, 6) is -1.34. The summed E-state index contributed by atoms with van der Waals surface area (Å²) in [6.07, 6.45) is 1.86. The van der Waals surface area contributed by atoms with Crippen LogP contribution in [0.4, 0.5) is 11.4 Å². The predicted molar refractivity (Wildman–Crippen MR) is 77.4 cm³/mol. The van der Waals surface area contributed by atoms with E-state index in [0.717, 1.165) is 18.9 Å². The number of aliphatic carboxylic acids is 1. The Kier molecular flexibility index (Phi) is 4.62. The molecule has 1 heterocycles. The lowest BCUT2D eigenvalue weighted by atomic mass is 10.2. The van der Waals surface area contributed by atoms with E-state index < -0.39 is 27.5 Å². The van der Waals surface area contributed by atoms with Gasteiger partial charge in [-0.2, -0.15) is 4.72 Å². The molecule has 120 valence electrons.